The highest BCUT2D eigenvalue weighted by atomic mass is 79.9. The summed E-state index contributed by atoms with van der Waals surface area (Å²) in [6.45, 7) is 1.80. The van der Waals surface area contributed by atoms with Crippen molar-refractivity contribution >= 4 is 45.8 Å². The van der Waals surface area contributed by atoms with Gasteiger partial charge in [-0.1, -0.05) is 15.9 Å². The minimum atomic E-state index is -0.555. The van der Waals surface area contributed by atoms with E-state index in [0.29, 0.717) is 0 Å². The number of rotatable bonds is 6. The van der Waals surface area contributed by atoms with Crippen LogP contribution >= 0.6 is 28.3 Å². The lowest BCUT2D eigenvalue weighted by Gasteiger charge is -2.15. The molecule has 0 spiro atoms. The number of anilines is 1. The van der Waals surface area contributed by atoms with Gasteiger partial charge < -0.3 is 16.0 Å². The molecule has 3 N–H and O–H groups in total. The molecule has 2 amide bonds. The molecular weight excluding hydrogens is 410 g/mol. The van der Waals surface area contributed by atoms with E-state index in [1.54, 1.807) is 31.2 Å². The van der Waals surface area contributed by atoms with Crippen molar-refractivity contribution in [3.05, 3.63) is 46.2 Å². The second kappa shape index (κ2) is 9.55. The van der Waals surface area contributed by atoms with Gasteiger partial charge >= 0.3 is 0 Å². The molecule has 0 aliphatic rings. The van der Waals surface area contributed by atoms with Gasteiger partial charge in [0.15, 0.2) is 0 Å². The first kappa shape index (κ1) is 21.1. The van der Waals surface area contributed by atoms with Gasteiger partial charge in [0.1, 0.15) is 6.04 Å². The average Bonchev–Trinajstić information content (AvgIpc) is 2.95. The average molecular weight is 431 g/mol. The first-order valence-electron chi connectivity index (χ1n) is 7.40. The molecule has 1 heterocycles. The molecule has 0 aliphatic carbocycles. The Bertz CT molecular complexity index is 750. The maximum Gasteiger partial charge on any atom is 0.243 e. The van der Waals surface area contributed by atoms with Crippen molar-refractivity contribution in [3.63, 3.8) is 0 Å². The molecule has 0 aliphatic heterocycles. The molecule has 0 saturated heterocycles. The minimum absolute atomic E-state index is 0. The van der Waals surface area contributed by atoms with E-state index in [1.165, 1.54) is 0 Å². The largest absolute Gasteiger partial charge is 0.345 e. The summed E-state index contributed by atoms with van der Waals surface area (Å²) in [6, 6.07) is 5.01. The van der Waals surface area contributed by atoms with E-state index < -0.39 is 6.04 Å². The number of halogens is 2. The van der Waals surface area contributed by atoms with Crippen molar-refractivity contribution < 1.29 is 9.59 Å². The van der Waals surface area contributed by atoms with Crippen LogP contribution in [0, 0.1) is 6.92 Å². The summed E-state index contributed by atoms with van der Waals surface area (Å²) in [5, 5.41) is 12.4. The van der Waals surface area contributed by atoms with Crippen LogP contribution in [0.15, 0.2) is 35.1 Å². The van der Waals surface area contributed by atoms with Crippen LogP contribution in [0.3, 0.4) is 0 Å². The third kappa shape index (κ3) is 5.84. The van der Waals surface area contributed by atoms with Gasteiger partial charge in [0, 0.05) is 29.0 Å². The van der Waals surface area contributed by atoms with Crippen molar-refractivity contribution in [1.29, 1.82) is 0 Å². The van der Waals surface area contributed by atoms with Crippen molar-refractivity contribution in [3.8, 4) is 0 Å². The maximum absolute atomic E-state index is 12.3. The van der Waals surface area contributed by atoms with Gasteiger partial charge in [0.05, 0.1) is 12.7 Å². The number of hydrogen-bond donors (Lipinski definition) is 3. The predicted molar refractivity (Wildman–Crippen MR) is 103 cm³/mol. The molecule has 0 radical (unpaired) electrons. The summed E-state index contributed by atoms with van der Waals surface area (Å²) in [6.07, 6.45) is 3.37. The maximum atomic E-state index is 12.3. The van der Waals surface area contributed by atoms with E-state index in [1.807, 2.05) is 25.1 Å². The SMILES string of the molecule is CNC(C(=O)NCC(=O)Nc1ccc(Br)cc1C)c1cnn(C)c1.Cl. The highest BCUT2D eigenvalue weighted by Crippen LogP contribution is 2.19. The Balaban J connectivity index is 0.00000312. The van der Waals surface area contributed by atoms with E-state index >= 15 is 0 Å². The van der Waals surface area contributed by atoms with Crippen molar-refractivity contribution in [2.45, 2.75) is 13.0 Å². The van der Waals surface area contributed by atoms with Crippen LogP contribution in [0.1, 0.15) is 17.2 Å². The normalized spacial score (nSPS) is 11.4. The van der Waals surface area contributed by atoms with Gasteiger partial charge in [-0.3, -0.25) is 14.3 Å². The first-order valence-corrected chi connectivity index (χ1v) is 8.19. The van der Waals surface area contributed by atoms with Gasteiger partial charge in [-0.05, 0) is 37.7 Å². The standard InChI is InChI=1S/C16H20BrN5O2.ClH/c1-10-6-12(17)4-5-13(10)21-14(23)8-19-16(24)15(18-2)11-7-20-22(3)9-11;/h4-7,9,15,18H,8H2,1-3H3,(H,19,24)(H,21,23);1H. The molecule has 136 valence electrons. The van der Waals surface area contributed by atoms with Crippen LogP contribution in [0.25, 0.3) is 0 Å². The van der Waals surface area contributed by atoms with Gasteiger partial charge in [-0.2, -0.15) is 5.10 Å². The zero-order valence-electron chi connectivity index (χ0n) is 14.2. The molecule has 1 atom stereocenters. The monoisotopic (exact) mass is 429 g/mol. The number of aromatic nitrogens is 2. The summed E-state index contributed by atoms with van der Waals surface area (Å²) >= 11 is 3.38. The molecule has 1 aromatic carbocycles. The van der Waals surface area contributed by atoms with Crippen LogP contribution in [0.2, 0.25) is 0 Å². The summed E-state index contributed by atoms with van der Waals surface area (Å²) in [5.41, 5.74) is 2.39. The summed E-state index contributed by atoms with van der Waals surface area (Å²) in [4.78, 5) is 24.3. The topological polar surface area (TPSA) is 88.1 Å². The fourth-order valence-electron chi connectivity index (χ4n) is 2.27. The molecule has 1 aromatic heterocycles. The molecule has 2 rings (SSSR count). The minimum Gasteiger partial charge on any atom is -0.345 e. The van der Waals surface area contributed by atoms with Crippen LogP contribution in [0.4, 0.5) is 5.69 Å². The highest BCUT2D eigenvalue weighted by molar-refractivity contribution is 9.10. The van der Waals surface area contributed by atoms with E-state index in [4.69, 9.17) is 0 Å². The van der Waals surface area contributed by atoms with Gasteiger partial charge in [-0.25, -0.2) is 0 Å². The van der Waals surface area contributed by atoms with Crippen LogP contribution < -0.4 is 16.0 Å². The van der Waals surface area contributed by atoms with Crippen molar-refractivity contribution in [2.75, 3.05) is 18.9 Å². The Morgan fingerprint density at radius 3 is 2.64 bits per heavy atom. The van der Waals surface area contributed by atoms with Crippen molar-refractivity contribution in [2.24, 2.45) is 7.05 Å². The van der Waals surface area contributed by atoms with E-state index in [2.05, 4.69) is 37.0 Å². The van der Waals surface area contributed by atoms with Crippen LogP contribution in [0.5, 0.6) is 0 Å². The number of hydrogen-bond acceptors (Lipinski definition) is 4. The zero-order valence-corrected chi connectivity index (χ0v) is 16.6. The first-order chi connectivity index (χ1) is 11.4. The Hall–Kier alpha value is -1.90. The Morgan fingerprint density at radius 1 is 1.36 bits per heavy atom. The molecule has 0 bridgehead atoms. The Kier molecular flexibility index (Phi) is 8.08. The number of carbonyl (C=O) groups excluding carboxylic acids is 2. The number of nitrogens with one attached hydrogen (secondary N) is 3. The number of nitrogens with zero attached hydrogens (tertiary/aromatic N) is 2. The summed E-state index contributed by atoms with van der Waals surface area (Å²) < 4.78 is 2.57. The Morgan fingerprint density at radius 2 is 2.08 bits per heavy atom. The third-order valence-electron chi connectivity index (χ3n) is 3.49. The fourth-order valence-corrected chi connectivity index (χ4v) is 2.75. The Labute approximate surface area is 161 Å². The highest BCUT2D eigenvalue weighted by Gasteiger charge is 2.20. The number of aryl methyl sites for hydroxylation is 2. The predicted octanol–water partition coefficient (Wildman–Crippen LogP) is 1.93. The number of benzene rings is 1. The van der Waals surface area contributed by atoms with Gasteiger partial charge in [0.25, 0.3) is 0 Å². The summed E-state index contributed by atoms with van der Waals surface area (Å²) in [5.74, 6) is -0.567. The van der Waals surface area contributed by atoms with E-state index in [9.17, 15) is 9.59 Å². The lowest BCUT2D eigenvalue weighted by molar-refractivity contribution is -0.125. The van der Waals surface area contributed by atoms with E-state index in [0.717, 1.165) is 21.3 Å². The van der Waals surface area contributed by atoms with Crippen molar-refractivity contribution in [1.82, 2.24) is 20.4 Å². The molecule has 25 heavy (non-hydrogen) atoms. The summed E-state index contributed by atoms with van der Waals surface area (Å²) in [7, 11) is 3.46. The number of amides is 2. The number of carbonyl (C=O) groups is 2. The van der Waals surface area contributed by atoms with E-state index in [-0.39, 0.29) is 30.8 Å². The second-order valence-electron chi connectivity index (χ2n) is 5.39. The molecular formula is C16H21BrClN5O2. The lowest BCUT2D eigenvalue weighted by atomic mass is 10.1. The lowest BCUT2D eigenvalue weighted by Crippen LogP contribution is -2.40. The zero-order chi connectivity index (χ0) is 17.7. The molecule has 7 nitrogen and oxygen atoms in total. The van der Waals surface area contributed by atoms with Crippen LogP contribution in [-0.4, -0.2) is 35.2 Å². The molecule has 2 aromatic rings. The van der Waals surface area contributed by atoms with Gasteiger partial charge in [0.2, 0.25) is 11.8 Å². The third-order valence-corrected chi connectivity index (χ3v) is 3.99. The quantitative estimate of drug-likeness (QED) is 0.653. The fraction of sp³-hybridized carbons (Fsp3) is 0.312. The molecule has 0 saturated carbocycles. The smallest absolute Gasteiger partial charge is 0.243 e. The number of likely N-dealkylation sites (N-methyl/N-ethyl adjacent to an activating group) is 1. The molecule has 1 unspecified atom stereocenters. The van der Waals surface area contributed by atoms with Gasteiger partial charge in [-0.15, -0.1) is 12.4 Å². The van der Waals surface area contributed by atoms with Crippen LogP contribution in [-0.2, 0) is 16.6 Å². The molecule has 0 fully saturated rings. The molecule has 9 heteroatoms. The second-order valence-corrected chi connectivity index (χ2v) is 6.31.